The third-order valence-corrected chi connectivity index (χ3v) is 4.75. The molecule has 0 spiro atoms. The smallest absolute Gasteiger partial charge is 0.266 e. The molecule has 22 heavy (non-hydrogen) atoms. The van der Waals surface area contributed by atoms with Gasteiger partial charge < -0.3 is 0 Å². The van der Waals surface area contributed by atoms with E-state index in [1.54, 1.807) is 30.3 Å². The quantitative estimate of drug-likeness (QED) is 0.305. The van der Waals surface area contributed by atoms with Gasteiger partial charge in [-0.15, -0.1) is 0 Å². The van der Waals surface area contributed by atoms with Crippen molar-refractivity contribution in [1.29, 1.82) is 0 Å². The first-order valence-electron chi connectivity index (χ1n) is 8.26. The molecule has 0 N–H and O–H groups in total. The van der Waals surface area contributed by atoms with Crippen molar-refractivity contribution in [3.8, 4) is 0 Å². The van der Waals surface area contributed by atoms with Gasteiger partial charge in [0.2, 0.25) is 0 Å². The van der Waals surface area contributed by atoms with Crippen molar-refractivity contribution in [2.75, 3.05) is 6.61 Å². The van der Waals surface area contributed by atoms with E-state index in [-0.39, 0.29) is 11.5 Å². The Kier molecular flexibility index (Phi) is 9.84. The van der Waals surface area contributed by atoms with Crippen molar-refractivity contribution in [2.24, 2.45) is 0 Å². The highest BCUT2D eigenvalue weighted by atomic mass is 32.2. The summed E-state index contributed by atoms with van der Waals surface area (Å²) >= 11 is 0. The van der Waals surface area contributed by atoms with Gasteiger partial charge in [-0.05, 0) is 37.8 Å². The van der Waals surface area contributed by atoms with E-state index < -0.39 is 10.1 Å². The lowest BCUT2D eigenvalue weighted by atomic mass is 10.1. The van der Waals surface area contributed by atoms with Crippen LogP contribution >= 0.6 is 0 Å². The normalized spacial score (nSPS) is 12.0. The third kappa shape index (κ3) is 8.35. The summed E-state index contributed by atoms with van der Waals surface area (Å²) in [5.74, 6) is 0. The zero-order valence-corrected chi connectivity index (χ0v) is 14.4. The summed E-state index contributed by atoms with van der Waals surface area (Å²) in [5.41, 5.74) is 0. The lowest BCUT2D eigenvalue weighted by Crippen LogP contribution is -2.07. The molecule has 124 valence electrons. The topological polar surface area (TPSA) is 43.4 Å². The van der Waals surface area contributed by atoms with Crippen LogP contribution < -0.4 is 0 Å². The molecule has 0 atom stereocenters. The van der Waals surface area contributed by atoms with Gasteiger partial charge in [-0.25, -0.2) is 0 Å². The molecule has 0 radical (unpaired) electrons. The van der Waals surface area contributed by atoms with Crippen molar-refractivity contribution < 1.29 is 12.6 Å². The predicted molar refractivity (Wildman–Crippen MR) is 91.3 cm³/mol. The highest BCUT2D eigenvalue weighted by molar-refractivity contribution is 7.86. The second kappa shape index (κ2) is 11.4. The Labute approximate surface area is 135 Å². The molecule has 1 rings (SSSR count). The molecule has 0 fully saturated rings. The van der Waals surface area contributed by atoms with Gasteiger partial charge in [-0.2, -0.15) is 8.42 Å². The van der Waals surface area contributed by atoms with Crippen LogP contribution in [0.3, 0.4) is 0 Å². The summed E-state index contributed by atoms with van der Waals surface area (Å²) in [6.07, 6.45) is 13.5. The van der Waals surface area contributed by atoms with Crippen LogP contribution in [0.5, 0.6) is 0 Å². The molecule has 0 aliphatic carbocycles. The number of unbranched alkanes of at least 4 members (excludes halogenated alkanes) is 6. The molecule has 0 saturated carbocycles. The number of allylic oxidation sites excluding steroid dienone is 2. The van der Waals surface area contributed by atoms with Crippen molar-refractivity contribution in [1.82, 2.24) is 0 Å². The molecule has 0 saturated heterocycles. The number of hydrogen-bond acceptors (Lipinski definition) is 3. The lowest BCUT2D eigenvalue weighted by Gasteiger charge is -2.04. The molecule has 0 unspecified atom stereocenters. The fourth-order valence-electron chi connectivity index (χ4n) is 2.13. The molecular weight excluding hydrogens is 296 g/mol. The minimum absolute atomic E-state index is 0.220. The zero-order chi connectivity index (χ0) is 16.1. The standard InChI is InChI=1S/C18H28O3S/c1-2-3-4-5-6-7-8-9-10-14-17-21-22(19,20)18-15-12-11-13-16-18/h8-9,11-13,15-16H,2-7,10,14,17H2,1H3. The minimum Gasteiger partial charge on any atom is -0.266 e. The maximum Gasteiger partial charge on any atom is 0.296 e. The highest BCUT2D eigenvalue weighted by Gasteiger charge is 2.13. The van der Waals surface area contributed by atoms with Crippen LogP contribution in [0.1, 0.15) is 58.3 Å². The first-order valence-corrected chi connectivity index (χ1v) is 9.67. The van der Waals surface area contributed by atoms with Crippen molar-refractivity contribution in [3.05, 3.63) is 42.5 Å². The SMILES string of the molecule is CCCCCCCC=CCCCOS(=O)(=O)c1ccccc1. The Balaban J connectivity index is 2.08. The van der Waals surface area contributed by atoms with E-state index in [1.165, 1.54) is 32.1 Å². The van der Waals surface area contributed by atoms with Crippen LogP contribution in [0.2, 0.25) is 0 Å². The fraction of sp³-hybridized carbons (Fsp3) is 0.556. The van der Waals surface area contributed by atoms with E-state index in [0.717, 1.165) is 19.3 Å². The lowest BCUT2D eigenvalue weighted by molar-refractivity contribution is 0.313. The third-order valence-electron chi connectivity index (χ3n) is 3.43. The van der Waals surface area contributed by atoms with E-state index >= 15 is 0 Å². The molecule has 1 aromatic rings. The van der Waals surface area contributed by atoms with E-state index in [4.69, 9.17) is 4.18 Å². The van der Waals surface area contributed by atoms with Gasteiger partial charge >= 0.3 is 0 Å². The Hall–Kier alpha value is -1.13. The van der Waals surface area contributed by atoms with Crippen LogP contribution in [0.25, 0.3) is 0 Å². The van der Waals surface area contributed by atoms with Gasteiger partial charge in [-0.1, -0.05) is 63.0 Å². The van der Waals surface area contributed by atoms with Gasteiger partial charge in [0, 0.05) is 0 Å². The maximum absolute atomic E-state index is 11.9. The summed E-state index contributed by atoms with van der Waals surface area (Å²) in [5, 5.41) is 0. The summed E-state index contributed by atoms with van der Waals surface area (Å²) < 4.78 is 28.7. The van der Waals surface area contributed by atoms with Crippen molar-refractivity contribution in [3.63, 3.8) is 0 Å². The first-order chi connectivity index (χ1) is 10.7. The number of rotatable bonds is 12. The van der Waals surface area contributed by atoms with Crippen molar-refractivity contribution in [2.45, 2.75) is 63.2 Å². The average Bonchev–Trinajstić information content (AvgIpc) is 2.53. The molecule has 4 heteroatoms. The van der Waals surface area contributed by atoms with Crippen molar-refractivity contribution >= 4 is 10.1 Å². The molecule has 0 amide bonds. The molecule has 3 nitrogen and oxygen atoms in total. The molecule has 0 aliphatic rings. The van der Waals surface area contributed by atoms with Gasteiger partial charge in [0.05, 0.1) is 11.5 Å². The summed E-state index contributed by atoms with van der Waals surface area (Å²) in [4.78, 5) is 0.220. The average molecular weight is 324 g/mol. The molecule has 0 aliphatic heterocycles. The Morgan fingerprint density at radius 2 is 1.55 bits per heavy atom. The maximum atomic E-state index is 11.9. The molecular formula is C18H28O3S. The molecule has 1 aromatic carbocycles. The second-order valence-corrected chi connectivity index (χ2v) is 7.02. The Morgan fingerprint density at radius 3 is 2.23 bits per heavy atom. The summed E-state index contributed by atoms with van der Waals surface area (Å²) in [6.45, 7) is 2.46. The second-order valence-electron chi connectivity index (χ2n) is 5.41. The Morgan fingerprint density at radius 1 is 0.909 bits per heavy atom. The summed E-state index contributed by atoms with van der Waals surface area (Å²) in [6, 6.07) is 8.27. The highest BCUT2D eigenvalue weighted by Crippen LogP contribution is 2.12. The largest absolute Gasteiger partial charge is 0.296 e. The van der Waals surface area contributed by atoms with E-state index in [9.17, 15) is 8.42 Å². The van der Waals surface area contributed by atoms with E-state index in [1.807, 2.05) is 0 Å². The molecule has 0 heterocycles. The summed E-state index contributed by atoms with van der Waals surface area (Å²) in [7, 11) is -3.59. The van der Waals surface area contributed by atoms with Gasteiger partial charge in [0.1, 0.15) is 0 Å². The number of benzene rings is 1. The molecule has 0 bridgehead atoms. The van der Waals surface area contributed by atoms with Gasteiger partial charge in [0.15, 0.2) is 0 Å². The van der Waals surface area contributed by atoms with Crippen LogP contribution in [0, 0.1) is 0 Å². The predicted octanol–water partition coefficient (Wildman–Crippen LogP) is 5.09. The van der Waals surface area contributed by atoms with Crippen LogP contribution in [0.15, 0.2) is 47.4 Å². The fourth-order valence-corrected chi connectivity index (χ4v) is 3.09. The van der Waals surface area contributed by atoms with Crippen LogP contribution in [0.4, 0.5) is 0 Å². The van der Waals surface area contributed by atoms with Crippen LogP contribution in [-0.2, 0) is 14.3 Å². The van der Waals surface area contributed by atoms with E-state index in [0.29, 0.717) is 0 Å². The van der Waals surface area contributed by atoms with E-state index in [2.05, 4.69) is 19.1 Å². The zero-order valence-electron chi connectivity index (χ0n) is 13.5. The van der Waals surface area contributed by atoms with Gasteiger partial charge in [0.25, 0.3) is 10.1 Å². The molecule has 0 aromatic heterocycles. The monoisotopic (exact) mass is 324 g/mol. The minimum atomic E-state index is -3.59. The Bertz CT molecular complexity index is 506. The first kappa shape index (κ1) is 18.9. The number of hydrogen-bond donors (Lipinski definition) is 0. The van der Waals surface area contributed by atoms with Crippen LogP contribution in [-0.4, -0.2) is 15.0 Å². The van der Waals surface area contributed by atoms with Gasteiger partial charge in [-0.3, -0.25) is 4.18 Å².